The molecule has 1 aliphatic rings. The summed E-state index contributed by atoms with van der Waals surface area (Å²) < 4.78 is 35.9. The molecule has 0 atom stereocenters. The number of aryl methyl sites for hydroxylation is 1. The van der Waals surface area contributed by atoms with Gasteiger partial charge in [-0.3, -0.25) is 9.48 Å². The molecule has 1 aromatic carbocycles. The Hall–Kier alpha value is -2.59. The average molecular weight is 506 g/mol. The first-order chi connectivity index (χ1) is 16.5. The minimum absolute atomic E-state index is 0.137. The molecule has 0 bridgehead atoms. The van der Waals surface area contributed by atoms with Gasteiger partial charge in [0.15, 0.2) is 0 Å². The van der Waals surface area contributed by atoms with Gasteiger partial charge in [0.05, 0.1) is 17.9 Å². The van der Waals surface area contributed by atoms with Crippen molar-refractivity contribution in [3.63, 3.8) is 0 Å². The van der Waals surface area contributed by atoms with Crippen LogP contribution in [0.15, 0.2) is 35.5 Å². The topological polar surface area (TPSA) is 88.0 Å². The number of rotatable bonds is 10. The monoisotopic (exact) mass is 505 g/mol. The molecule has 2 aromatic rings. The second-order valence-corrected chi connectivity index (χ2v) is 11.7. The number of aromatic nitrogens is 2. The van der Waals surface area contributed by atoms with Gasteiger partial charge in [-0.05, 0) is 30.9 Å². The molecule has 0 radical (unpaired) electrons. The lowest BCUT2D eigenvalue weighted by atomic mass is 10.1. The van der Waals surface area contributed by atoms with E-state index in [4.69, 9.17) is 4.74 Å². The van der Waals surface area contributed by atoms with Gasteiger partial charge in [0.2, 0.25) is 5.03 Å². The van der Waals surface area contributed by atoms with Crippen LogP contribution in [0, 0.1) is 11.8 Å². The number of ether oxygens (including phenoxy) is 1. The molecule has 1 aromatic heterocycles. The normalized spacial score (nSPS) is 15.1. The Morgan fingerprint density at radius 2 is 1.66 bits per heavy atom. The van der Waals surface area contributed by atoms with Gasteiger partial charge in [-0.2, -0.15) is 9.40 Å². The van der Waals surface area contributed by atoms with E-state index in [0.29, 0.717) is 45.9 Å². The van der Waals surface area contributed by atoms with Crippen LogP contribution >= 0.6 is 0 Å². The van der Waals surface area contributed by atoms with E-state index >= 15 is 0 Å². The molecule has 1 aliphatic heterocycles. The number of nitrogens with zero attached hydrogens (tertiary/aromatic N) is 5. The van der Waals surface area contributed by atoms with E-state index < -0.39 is 10.0 Å². The molecule has 0 unspecified atom stereocenters. The van der Waals surface area contributed by atoms with Crippen molar-refractivity contribution in [1.82, 2.24) is 19.0 Å². The first-order valence-electron chi connectivity index (χ1n) is 12.3. The van der Waals surface area contributed by atoms with Crippen LogP contribution in [0.25, 0.3) is 0 Å². The molecule has 9 nitrogen and oxygen atoms in total. The van der Waals surface area contributed by atoms with E-state index in [1.54, 1.807) is 11.9 Å². The van der Waals surface area contributed by atoms with E-state index in [-0.39, 0.29) is 28.3 Å². The second kappa shape index (κ2) is 11.4. The summed E-state index contributed by atoms with van der Waals surface area (Å²) >= 11 is 0. The average Bonchev–Trinajstić information content (AvgIpc) is 3.21. The predicted molar refractivity (Wildman–Crippen MR) is 137 cm³/mol. The first kappa shape index (κ1) is 27.0. The maximum atomic E-state index is 13.6. The molecule has 194 valence electrons. The van der Waals surface area contributed by atoms with E-state index in [0.717, 1.165) is 11.4 Å². The Bertz CT molecular complexity index is 1090. The zero-order valence-corrected chi connectivity index (χ0v) is 22.6. The Morgan fingerprint density at radius 1 is 1.06 bits per heavy atom. The van der Waals surface area contributed by atoms with Gasteiger partial charge in [-0.25, -0.2) is 8.42 Å². The van der Waals surface area contributed by atoms with Crippen molar-refractivity contribution in [3.05, 3.63) is 36.0 Å². The third-order valence-corrected chi connectivity index (χ3v) is 7.65. The molecular formula is C25H39N5O4S. The molecule has 3 rings (SSSR count). The highest BCUT2D eigenvalue weighted by molar-refractivity contribution is 7.89. The number of hydrogen-bond donors (Lipinski definition) is 0. The second-order valence-electron chi connectivity index (χ2n) is 9.81. The largest absolute Gasteiger partial charge is 0.492 e. The molecule has 0 N–H and O–H groups in total. The summed E-state index contributed by atoms with van der Waals surface area (Å²) in [5.74, 6) is 1.03. The number of sulfonamides is 1. The number of piperazine rings is 1. The lowest BCUT2D eigenvalue weighted by Crippen LogP contribution is -2.49. The first-order valence-corrected chi connectivity index (χ1v) is 13.8. The highest BCUT2D eigenvalue weighted by Crippen LogP contribution is 2.30. The van der Waals surface area contributed by atoms with Crippen molar-refractivity contribution < 1.29 is 17.9 Å². The zero-order chi connectivity index (χ0) is 25.8. The van der Waals surface area contributed by atoms with Gasteiger partial charge in [-0.15, -0.1) is 0 Å². The fourth-order valence-corrected chi connectivity index (χ4v) is 5.92. The van der Waals surface area contributed by atoms with Gasteiger partial charge >= 0.3 is 0 Å². The minimum atomic E-state index is -3.94. The zero-order valence-electron chi connectivity index (χ0n) is 21.8. The summed E-state index contributed by atoms with van der Waals surface area (Å²) in [5, 5.41) is 4.08. The van der Waals surface area contributed by atoms with Crippen molar-refractivity contribution in [1.29, 1.82) is 0 Å². The van der Waals surface area contributed by atoms with E-state index in [2.05, 4.69) is 10.00 Å². The summed E-state index contributed by atoms with van der Waals surface area (Å²) in [6, 6.07) is 7.79. The number of anilines is 1. The van der Waals surface area contributed by atoms with Crippen molar-refractivity contribution in [2.45, 2.75) is 39.6 Å². The highest BCUT2D eigenvalue weighted by atomic mass is 32.2. The van der Waals surface area contributed by atoms with Gasteiger partial charge in [0.1, 0.15) is 5.75 Å². The van der Waals surface area contributed by atoms with Crippen LogP contribution in [0.1, 0.15) is 45.0 Å². The summed E-state index contributed by atoms with van der Waals surface area (Å²) in [5.41, 5.74) is 1.09. The molecule has 0 spiro atoms. The lowest BCUT2D eigenvalue weighted by molar-refractivity contribution is 0.0711. The summed E-state index contributed by atoms with van der Waals surface area (Å²) in [7, 11) is -2.29. The SMILES string of the molecule is CCOc1ccccc1N1CCN(S(=O)(=O)c2nn(C)cc2C(=O)N(CC(C)C)CC(C)C)CC1. The van der Waals surface area contributed by atoms with Crippen LogP contribution < -0.4 is 9.64 Å². The quantitative estimate of drug-likeness (QED) is 0.493. The summed E-state index contributed by atoms with van der Waals surface area (Å²) in [6.45, 7) is 13.4. The Morgan fingerprint density at radius 3 is 2.23 bits per heavy atom. The van der Waals surface area contributed by atoms with Crippen LogP contribution in [0.2, 0.25) is 0 Å². The molecule has 1 amide bonds. The van der Waals surface area contributed by atoms with Crippen LogP contribution in [-0.2, 0) is 17.1 Å². The van der Waals surface area contributed by atoms with Crippen molar-refractivity contribution in [2.75, 3.05) is 50.8 Å². The van der Waals surface area contributed by atoms with Crippen molar-refractivity contribution in [2.24, 2.45) is 18.9 Å². The van der Waals surface area contributed by atoms with Gasteiger partial charge < -0.3 is 14.5 Å². The van der Waals surface area contributed by atoms with Gasteiger partial charge in [0, 0.05) is 52.5 Å². The molecule has 2 heterocycles. The van der Waals surface area contributed by atoms with Crippen LogP contribution in [0.5, 0.6) is 5.75 Å². The van der Waals surface area contributed by atoms with E-state index in [9.17, 15) is 13.2 Å². The number of benzene rings is 1. The third-order valence-electron chi connectivity index (χ3n) is 5.81. The van der Waals surface area contributed by atoms with E-state index in [1.165, 1.54) is 15.2 Å². The number of para-hydroxylation sites is 2. The number of carbonyl (C=O) groups excluding carboxylic acids is 1. The maximum Gasteiger partial charge on any atom is 0.263 e. The standard InChI is InChI=1S/C25H39N5O4S/c1-7-34-23-11-9-8-10-22(23)28-12-14-30(15-13-28)35(32,33)24-21(18-27(6)26-24)25(31)29(16-19(2)3)17-20(4)5/h8-11,18-20H,7,12-17H2,1-6H3. The van der Waals surface area contributed by atoms with Gasteiger partial charge in [0.25, 0.3) is 15.9 Å². The smallest absolute Gasteiger partial charge is 0.263 e. The van der Waals surface area contributed by atoms with Crippen LogP contribution in [0.3, 0.4) is 0 Å². The van der Waals surface area contributed by atoms with Crippen molar-refractivity contribution in [3.8, 4) is 5.75 Å². The Labute approximate surface area is 209 Å². The van der Waals surface area contributed by atoms with E-state index in [1.807, 2.05) is 58.9 Å². The molecule has 0 saturated carbocycles. The fraction of sp³-hybridized carbons (Fsp3) is 0.600. The van der Waals surface area contributed by atoms with Crippen LogP contribution in [-0.4, -0.2) is 79.2 Å². The summed E-state index contributed by atoms with van der Waals surface area (Å²) in [4.78, 5) is 17.4. The number of carbonyl (C=O) groups is 1. The highest BCUT2D eigenvalue weighted by Gasteiger charge is 2.36. The molecule has 0 aliphatic carbocycles. The lowest BCUT2D eigenvalue weighted by Gasteiger charge is -2.35. The molecule has 1 fully saturated rings. The fourth-order valence-electron chi connectivity index (χ4n) is 4.39. The Kier molecular flexibility index (Phi) is 8.82. The number of hydrogen-bond acceptors (Lipinski definition) is 6. The van der Waals surface area contributed by atoms with Gasteiger partial charge in [-0.1, -0.05) is 39.8 Å². The Balaban J connectivity index is 1.82. The third kappa shape index (κ3) is 6.35. The number of amides is 1. The molecular weight excluding hydrogens is 466 g/mol. The summed E-state index contributed by atoms with van der Waals surface area (Å²) in [6.07, 6.45) is 1.53. The molecule has 35 heavy (non-hydrogen) atoms. The maximum absolute atomic E-state index is 13.6. The minimum Gasteiger partial charge on any atom is -0.492 e. The molecule has 10 heteroatoms. The predicted octanol–water partition coefficient (Wildman–Crippen LogP) is 3.08. The molecule has 1 saturated heterocycles. The van der Waals surface area contributed by atoms with Crippen molar-refractivity contribution >= 4 is 21.6 Å². The van der Waals surface area contributed by atoms with Crippen LogP contribution in [0.4, 0.5) is 5.69 Å².